The minimum absolute atomic E-state index is 0.0399. The molecule has 0 unspecified atom stereocenters. The standard InChI is InChI=1S/C22H21ClN2O/c1-15-9-18(11-16(12-24)13-25)21(19(10-15)22(2,3)4)26-14-17-7-5-6-8-20(17)23/h5-11H,14H2,1-4H3. The van der Waals surface area contributed by atoms with E-state index in [1.54, 1.807) is 6.08 Å². The number of nitriles is 2. The van der Waals surface area contributed by atoms with Crippen molar-refractivity contribution in [1.82, 2.24) is 0 Å². The fraction of sp³-hybridized carbons (Fsp3) is 0.273. The van der Waals surface area contributed by atoms with E-state index in [9.17, 15) is 0 Å². The van der Waals surface area contributed by atoms with Crippen LogP contribution in [0.2, 0.25) is 5.02 Å². The molecule has 0 aliphatic carbocycles. The minimum Gasteiger partial charge on any atom is -0.488 e. The molecular formula is C22H21ClN2O. The molecule has 0 fully saturated rings. The summed E-state index contributed by atoms with van der Waals surface area (Å²) in [6.45, 7) is 8.61. The first-order valence-corrected chi connectivity index (χ1v) is 8.67. The lowest BCUT2D eigenvalue weighted by atomic mass is 9.84. The summed E-state index contributed by atoms with van der Waals surface area (Å²) in [4.78, 5) is 0. The number of allylic oxidation sites excluding steroid dienone is 1. The van der Waals surface area contributed by atoms with Gasteiger partial charge in [0.05, 0.1) is 0 Å². The van der Waals surface area contributed by atoms with Crippen LogP contribution in [-0.4, -0.2) is 0 Å². The molecular weight excluding hydrogens is 344 g/mol. The van der Waals surface area contributed by atoms with E-state index in [2.05, 4.69) is 26.8 Å². The Bertz CT molecular complexity index is 909. The zero-order valence-electron chi connectivity index (χ0n) is 15.4. The van der Waals surface area contributed by atoms with Gasteiger partial charge in [-0.25, -0.2) is 0 Å². The topological polar surface area (TPSA) is 56.8 Å². The second-order valence-corrected chi connectivity index (χ2v) is 7.55. The summed E-state index contributed by atoms with van der Waals surface area (Å²) in [7, 11) is 0. The molecule has 0 aliphatic rings. The molecule has 2 rings (SSSR count). The fourth-order valence-electron chi connectivity index (χ4n) is 2.64. The van der Waals surface area contributed by atoms with Crippen molar-refractivity contribution < 1.29 is 4.74 Å². The molecule has 0 N–H and O–H groups in total. The Balaban J connectivity index is 2.57. The molecule has 0 saturated carbocycles. The van der Waals surface area contributed by atoms with Crippen LogP contribution in [-0.2, 0) is 12.0 Å². The first-order chi connectivity index (χ1) is 12.3. The molecule has 0 radical (unpaired) electrons. The number of ether oxygens (including phenoxy) is 1. The first-order valence-electron chi connectivity index (χ1n) is 8.29. The lowest BCUT2D eigenvalue weighted by molar-refractivity contribution is 0.297. The van der Waals surface area contributed by atoms with Crippen LogP contribution in [0.5, 0.6) is 5.75 Å². The Kier molecular flexibility index (Phi) is 6.09. The maximum atomic E-state index is 9.12. The Hall–Kier alpha value is -2.75. The molecule has 0 aromatic heterocycles. The van der Waals surface area contributed by atoms with Crippen molar-refractivity contribution in [3.63, 3.8) is 0 Å². The molecule has 0 spiro atoms. The number of hydrogen-bond acceptors (Lipinski definition) is 3. The number of nitrogens with zero attached hydrogens (tertiary/aromatic N) is 2. The van der Waals surface area contributed by atoms with Gasteiger partial charge in [-0.2, -0.15) is 10.5 Å². The van der Waals surface area contributed by atoms with Gasteiger partial charge in [0.15, 0.2) is 0 Å². The number of halogens is 1. The summed E-state index contributed by atoms with van der Waals surface area (Å²) < 4.78 is 6.16. The summed E-state index contributed by atoms with van der Waals surface area (Å²) in [6, 6.07) is 15.4. The van der Waals surface area contributed by atoms with Gasteiger partial charge in [-0.1, -0.05) is 56.6 Å². The maximum Gasteiger partial charge on any atom is 0.130 e. The van der Waals surface area contributed by atoms with Crippen LogP contribution in [0.4, 0.5) is 0 Å². The van der Waals surface area contributed by atoms with E-state index in [0.29, 0.717) is 17.4 Å². The van der Waals surface area contributed by atoms with Crippen molar-refractivity contribution in [1.29, 1.82) is 10.5 Å². The van der Waals surface area contributed by atoms with Crippen molar-refractivity contribution in [2.75, 3.05) is 0 Å². The van der Waals surface area contributed by atoms with Crippen LogP contribution in [0, 0.1) is 29.6 Å². The zero-order chi connectivity index (χ0) is 19.3. The SMILES string of the molecule is Cc1cc(C=C(C#N)C#N)c(OCc2ccccc2Cl)c(C(C)(C)C)c1. The normalized spacial score (nSPS) is 10.6. The molecule has 2 aromatic rings. The van der Waals surface area contributed by atoms with E-state index in [1.807, 2.05) is 49.4 Å². The third-order valence-corrected chi connectivity index (χ3v) is 4.31. The van der Waals surface area contributed by atoms with Crippen molar-refractivity contribution >= 4 is 17.7 Å². The van der Waals surface area contributed by atoms with Crippen LogP contribution in [0.1, 0.15) is 43.0 Å². The highest BCUT2D eigenvalue weighted by atomic mass is 35.5. The average molecular weight is 365 g/mol. The molecule has 0 amide bonds. The van der Waals surface area contributed by atoms with Gasteiger partial charge in [0.25, 0.3) is 0 Å². The van der Waals surface area contributed by atoms with Crippen LogP contribution < -0.4 is 4.74 Å². The van der Waals surface area contributed by atoms with Gasteiger partial charge in [0.2, 0.25) is 0 Å². The average Bonchev–Trinajstić information content (AvgIpc) is 2.58. The number of hydrogen-bond donors (Lipinski definition) is 0. The van der Waals surface area contributed by atoms with E-state index in [0.717, 1.165) is 22.3 Å². The number of benzene rings is 2. The highest BCUT2D eigenvalue weighted by Crippen LogP contribution is 2.37. The third-order valence-electron chi connectivity index (χ3n) is 3.94. The van der Waals surface area contributed by atoms with E-state index in [1.165, 1.54) is 0 Å². The van der Waals surface area contributed by atoms with Crippen LogP contribution >= 0.6 is 11.6 Å². The quantitative estimate of drug-likeness (QED) is 0.629. The Labute approximate surface area is 160 Å². The molecule has 4 heteroatoms. The van der Waals surface area contributed by atoms with Crippen LogP contribution in [0.15, 0.2) is 42.0 Å². The van der Waals surface area contributed by atoms with E-state index >= 15 is 0 Å². The van der Waals surface area contributed by atoms with Gasteiger partial charge in [0, 0.05) is 21.7 Å². The Morgan fingerprint density at radius 1 is 1.15 bits per heavy atom. The molecule has 0 saturated heterocycles. The highest BCUT2D eigenvalue weighted by molar-refractivity contribution is 6.31. The van der Waals surface area contributed by atoms with Crippen molar-refractivity contribution in [3.05, 3.63) is 69.2 Å². The molecule has 0 heterocycles. The molecule has 0 bridgehead atoms. The van der Waals surface area contributed by atoms with E-state index in [-0.39, 0.29) is 11.0 Å². The highest BCUT2D eigenvalue weighted by Gasteiger charge is 2.22. The van der Waals surface area contributed by atoms with Gasteiger partial charge >= 0.3 is 0 Å². The zero-order valence-corrected chi connectivity index (χ0v) is 16.2. The van der Waals surface area contributed by atoms with Gasteiger partial charge < -0.3 is 4.74 Å². The van der Waals surface area contributed by atoms with Crippen molar-refractivity contribution in [3.8, 4) is 17.9 Å². The van der Waals surface area contributed by atoms with E-state index < -0.39 is 0 Å². The number of aryl methyl sites for hydroxylation is 1. The van der Waals surface area contributed by atoms with Crippen molar-refractivity contribution in [2.45, 2.75) is 39.7 Å². The summed E-state index contributed by atoms with van der Waals surface area (Å²) in [5.41, 5.74) is 3.54. The largest absolute Gasteiger partial charge is 0.488 e. The summed E-state index contributed by atoms with van der Waals surface area (Å²) in [5.74, 6) is 0.672. The maximum absolute atomic E-state index is 9.12. The minimum atomic E-state index is -0.163. The molecule has 0 atom stereocenters. The molecule has 26 heavy (non-hydrogen) atoms. The predicted molar refractivity (Wildman–Crippen MR) is 105 cm³/mol. The second kappa shape index (κ2) is 8.09. The molecule has 132 valence electrons. The summed E-state index contributed by atoms with van der Waals surface area (Å²) >= 11 is 6.24. The van der Waals surface area contributed by atoms with Gasteiger partial charge in [-0.05, 0) is 36.1 Å². The summed E-state index contributed by atoms with van der Waals surface area (Å²) in [6.07, 6.45) is 1.57. The van der Waals surface area contributed by atoms with E-state index in [4.69, 9.17) is 26.9 Å². The van der Waals surface area contributed by atoms with Crippen LogP contribution in [0.25, 0.3) is 6.08 Å². The van der Waals surface area contributed by atoms with Gasteiger partial charge in [-0.3, -0.25) is 0 Å². The van der Waals surface area contributed by atoms with Crippen LogP contribution in [0.3, 0.4) is 0 Å². The lowest BCUT2D eigenvalue weighted by Gasteiger charge is -2.25. The number of rotatable bonds is 4. The first kappa shape index (κ1) is 19.6. The third kappa shape index (κ3) is 4.66. The molecule has 0 aliphatic heterocycles. The molecule has 3 nitrogen and oxygen atoms in total. The second-order valence-electron chi connectivity index (χ2n) is 7.14. The fourth-order valence-corrected chi connectivity index (χ4v) is 2.83. The Morgan fingerprint density at radius 2 is 1.81 bits per heavy atom. The Morgan fingerprint density at radius 3 is 2.38 bits per heavy atom. The monoisotopic (exact) mass is 364 g/mol. The van der Waals surface area contributed by atoms with Gasteiger partial charge in [-0.15, -0.1) is 0 Å². The smallest absolute Gasteiger partial charge is 0.130 e. The summed E-state index contributed by atoms with van der Waals surface area (Å²) in [5, 5.41) is 18.9. The molecule has 2 aromatic carbocycles. The lowest BCUT2D eigenvalue weighted by Crippen LogP contribution is -2.15. The predicted octanol–water partition coefficient (Wildman–Crippen LogP) is 5.96. The van der Waals surface area contributed by atoms with Crippen molar-refractivity contribution in [2.24, 2.45) is 0 Å². The van der Waals surface area contributed by atoms with Gasteiger partial charge in [0.1, 0.15) is 30.1 Å².